The smallest absolute Gasteiger partial charge is 0.389 e. The Morgan fingerprint density at radius 3 is 1.74 bits per heavy atom. The van der Waals surface area contributed by atoms with E-state index in [0.717, 1.165) is 0 Å². The van der Waals surface area contributed by atoms with Crippen molar-refractivity contribution in [3.05, 3.63) is 0 Å². The van der Waals surface area contributed by atoms with Crippen LogP contribution < -0.4 is 0 Å². The van der Waals surface area contributed by atoms with E-state index in [2.05, 4.69) is 0 Å². The molecule has 0 aliphatic heterocycles. The molecule has 4 nitrogen and oxygen atoms in total. The first-order valence-corrected chi connectivity index (χ1v) is 6.61. The maximum atomic E-state index is 12.6. The van der Waals surface area contributed by atoms with Crippen molar-refractivity contribution in [1.82, 2.24) is 0 Å². The van der Waals surface area contributed by atoms with Crippen LogP contribution in [0.3, 0.4) is 0 Å². The van der Waals surface area contributed by atoms with Crippen molar-refractivity contribution >= 4 is 11.9 Å². The highest BCUT2D eigenvalue weighted by atomic mass is 19.4. The van der Waals surface area contributed by atoms with Crippen LogP contribution in [-0.4, -0.2) is 35.0 Å². The molecule has 10 heteroatoms. The maximum Gasteiger partial charge on any atom is 0.389 e. The lowest BCUT2D eigenvalue weighted by Crippen LogP contribution is -2.38. The average molecular weight is 352 g/mol. The topological polar surface area (TPSA) is 63.6 Å². The van der Waals surface area contributed by atoms with E-state index in [9.17, 15) is 35.9 Å². The number of aliphatic carboxylic acids is 1. The Morgan fingerprint density at radius 1 is 0.957 bits per heavy atom. The molecule has 0 radical (unpaired) electrons. The Hall–Kier alpha value is -1.48. The number of esters is 1. The molecule has 0 rings (SSSR count). The van der Waals surface area contributed by atoms with Gasteiger partial charge in [-0.15, -0.1) is 0 Å². The summed E-state index contributed by atoms with van der Waals surface area (Å²) in [5.74, 6) is -7.78. The zero-order valence-electron chi connectivity index (χ0n) is 12.7. The molecule has 2 atom stereocenters. The minimum atomic E-state index is -4.92. The van der Waals surface area contributed by atoms with Gasteiger partial charge in [-0.3, -0.25) is 9.59 Å². The summed E-state index contributed by atoms with van der Waals surface area (Å²) >= 11 is 0. The first-order valence-electron chi connectivity index (χ1n) is 6.61. The van der Waals surface area contributed by atoms with Crippen molar-refractivity contribution in [1.29, 1.82) is 0 Å². The van der Waals surface area contributed by atoms with Gasteiger partial charge in [0.15, 0.2) is 0 Å². The maximum absolute atomic E-state index is 12.6. The lowest BCUT2D eigenvalue weighted by molar-refractivity contribution is -0.185. The van der Waals surface area contributed by atoms with Crippen molar-refractivity contribution in [3.8, 4) is 0 Å². The first-order chi connectivity index (χ1) is 10.0. The predicted molar refractivity (Wildman–Crippen MR) is 66.4 cm³/mol. The molecule has 0 heterocycles. The highest BCUT2D eigenvalue weighted by Gasteiger charge is 2.45. The van der Waals surface area contributed by atoms with E-state index >= 15 is 0 Å². The minimum absolute atomic E-state index is 1.14. The van der Waals surface area contributed by atoms with Gasteiger partial charge in [-0.25, -0.2) is 0 Å². The molecule has 0 saturated heterocycles. The Kier molecular flexibility index (Phi) is 6.92. The molecule has 1 N–H and O–H groups in total. The molecule has 23 heavy (non-hydrogen) atoms. The number of hydrogen-bond acceptors (Lipinski definition) is 3. The number of hydrogen-bond donors (Lipinski definition) is 1. The Labute approximate surface area is 128 Å². The van der Waals surface area contributed by atoms with Gasteiger partial charge >= 0.3 is 24.3 Å². The molecule has 0 saturated carbocycles. The summed E-state index contributed by atoms with van der Waals surface area (Å²) in [6.07, 6.45) is -14.3. The lowest BCUT2D eigenvalue weighted by atomic mass is 9.85. The van der Waals surface area contributed by atoms with E-state index < -0.39 is 61.0 Å². The Bertz CT molecular complexity index is 422. The van der Waals surface area contributed by atoms with Crippen LogP contribution in [-0.2, 0) is 14.3 Å². The molecule has 0 aliphatic carbocycles. The van der Waals surface area contributed by atoms with Gasteiger partial charge in [0.2, 0.25) is 0 Å². The van der Waals surface area contributed by atoms with Crippen molar-refractivity contribution in [2.75, 3.05) is 0 Å². The van der Waals surface area contributed by atoms with Crippen molar-refractivity contribution in [2.45, 2.75) is 58.0 Å². The number of carbonyl (C=O) groups is 2. The number of rotatable bonds is 6. The van der Waals surface area contributed by atoms with Gasteiger partial charge in [-0.05, 0) is 27.2 Å². The van der Waals surface area contributed by atoms with Crippen LogP contribution in [0.2, 0.25) is 0 Å². The monoisotopic (exact) mass is 352 g/mol. The second-order valence-corrected chi connectivity index (χ2v) is 6.06. The third-order valence-corrected chi connectivity index (χ3v) is 2.70. The average Bonchev–Trinajstić information content (AvgIpc) is 2.21. The van der Waals surface area contributed by atoms with Gasteiger partial charge in [0.1, 0.15) is 5.60 Å². The predicted octanol–water partition coefficient (Wildman–Crippen LogP) is 3.94. The van der Waals surface area contributed by atoms with Gasteiger partial charge in [0.05, 0.1) is 18.3 Å². The van der Waals surface area contributed by atoms with Crippen LogP contribution in [0.5, 0.6) is 0 Å². The third-order valence-electron chi connectivity index (χ3n) is 2.70. The SMILES string of the molecule is CC(C)(C)OC(=O)C(CC(F)(F)F)C(CCC(F)(F)F)C(=O)O. The van der Waals surface area contributed by atoms with Gasteiger partial charge in [0, 0.05) is 6.42 Å². The summed E-state index contributed by atoms with van der Waals surface area (Å²) in [7, 11) is 0. The van der Waals surface area contributed by atoms with E-state index in [1.807, 2.05) is 0 Å². The zero-order valence-corrected chi connectivity index (χ0v) is 12.7. The van der Waals surface area contributed by atoms with E-state index in [1.54, 1.807) is 0 Å². The Balaban J connectivity index is 5.40. The molecule has 2 unspecified atom stereocenters. The molecule has 0 aromatic rings. The largest absolute Gasteiger partial charge is 0.481 e. The molecule has 136 valence electrons. The van der Waals surface area contributed by atoms with Crippen LogP contribution in [0.25, 0.3) is 0 Å². The zero-order chi connectivity index (χ0) is 18.6. The number of ether oxygens (including phenoxy) is 1. The van der Waals surface area contributed by atoms with Crippen LogP contribution in [0, 0.1) is 11.8 Å². The van der Waals surface area contributed by atoms with E-state index in [-0.39, 0.29) is 0 Å². The number of alkyl halides is 6. The summed E-state index contributed by atoms with van der Waals surface area (Å²) < 4.78 is 79.1. The van der Waals surface area contributed by atoms with Gasteiger partial charge in [-0.2, -0.15) is 26.3 Å². The van der Waals surface area contributed by atoms with Gasteiger partial charge < -0.3 is 9.84 Å². The quantitative estimate of drug-likeness (QED) is 0.581. The second kappa shape index (κ2) is 7.39. The fourth-order valence-corrected chi connectivity index (χ4v) is 1.83. The van der Waals surface area contributed by atoms with Crippen LogP contribution in [0.15, 0.2) is 0 Å². The summed E-state index contributed by atoms with van der Waals surface area (Å²) in [6.45, 7) is 4.04. The fourth-order valence-electron chi connectivity index (χ4n) is 1.83. The number of carboxylic acid groups (broad SMARTS) is 1. The van der Waals surface area contributed by atoms with Crippen molar-refractivity contribution in [2.24, 2.45) is 11.8 Å². The fraction of sp³-hybridized carbons (Fsp3) is 0.846. The molecule has 0 fully saturated rings. The van der Waals surface area contributed by atoms with Gasteiger partial charge in [-0.1, -0.05) is 0 Å². The summed E-state index contributed by atoms with van der Waals surface area (Å²) in [4.78, 5) is 22.9. The summed E-state index contributed by atoms with van der Waals surface area (Å²) in [5.41, 5.74) is -1.20. The van der Waals surface area contributed by atoms with Gasteiger partial charge in [0.25, 0.3) is 0 Å². The van der Waals surface area contributed by atoms with Crippen LogP contribution >= 0.6 is 0 Å². The normalized spacial score (nSPS) is 15.9. The highest BCUT2D eigenvalue weighted by molar-refractivity contribution is 5.81. The molecule has 0 aromatic heterocycles. The molecular weight excluding hydrogens is 334 g/mol. The van der Waals surface area contributed by atoms with Crippen LogP contribution in [0.4, 0.5) is 26.3 Å². The molecular formula is C13H18F6O4. The summed E-state index contributed by atoms with van der Waals surface area (Å²) in [5, 5.41) is 8.94. The van der Waals surface area contributed by atoms with E-state index in [0.29, 0.717) is 0 Å². The molecule has 0 amide bonds. The van der Waals surface area contributed by atoms with Crippen LogP contribution in [0.1, 0.15) is 40.0 Å². The number of halogens is 6. The second-order valence-electron chi connectivity index (χ2n) is 6.06. The first kappa shape index (κ1) is 21.5. The molecule has 0 spiro atoms. The highest BCUT2D eigenvalue weighted by Crippen LogP contribution is 2.35. The number of carboxylic acids is 1. The minimum Gasteiger partial charge on any atom is -0.481 e. The standard InChI is InChI=1S/C13H18F6O4/c1-11(2,3)23-10(22)8(6-13(17,18)19)7(9(20)21)4-5-12(14,15)16/h7-8H,4-6H2,1-3H3,(H,20,21). The lowest BCUT2D eigenvalue weighted by Gasteiger charge is -2.28. The summed E-state index contributed by atoms with van der Waals surface area (Å²) in [6, 6.07) is 0. The molecule has 0 aliphatic rings. The Morgan fingerprint density at radius 2 is 1.43 bits per heavy atom. The van der Waals surface area contributed by atoms with E-state index in [1.165, 1.54) is 20.8 Å². The number of carbonyl (C=O) groups excluding carboxylic acids is 1. The third kappa shape index (κ3) is 10.0. The van der Waals surface area contributed by atoms with Crippen molar-refractivity contribution < 1.29 is 45.8 Å². The van der Waals surface area contributed by atoms with Crippen molar-refractivity contribution in [3.63, 3.8) is 0 Å². The molecule has 0 aromatic carbocycles. The molecule has 0 bridgehead atoms. The van der Waals surface area contributed by atoms with E-state index in [4.69, 9.17) is 9.84 Å².